The molecule has 0 heterocycles. The third-order valence-corrected chi connectivity index (χ3v) is 2.25. The Hall–Kier alpha value is -2.12. The van der Waals surface area contributed by atoms with Crippen LogP contribution in [-0.4, -0.2) is 26.1 Å². The molecule has 0 radical (unpaired) electrons. The molecule has 1 rings (SSSR count). The second kappa shape index (κ2) is 7.25. The summed E-state index contributed by atoms with van der Waals surface area (Å²) in [6, 6.07) is 9.04. The van der Waals surface area contributed by atoms with Gasteiger partial charge in [-0.25, -0.2) is 0 Å². The third-order valence-electron chi connectivity index (χ3n) is 2.25. The highest BCUT2D eigenvalue weighted by Gasteiger charge is 2.02. The molecule has 0 aliphatic carbocycles. The van der Waals surface area contributed by atoms with Gasteiger partial charge in [0.15, 0.2) is 5.78 Å². The van der Waals surface area contributed by atoms with E-state index < -0.39 is 0 Å². The van der Waals surface area contributed by atoms with Gasteiger partial charge in [-0.15, -0.1) is 0 Å². The van der Waals surface area contributed by atoms with E-state index in [-0.39, 0.29) is 11.4 Å². The van der Waals surface area contributed by atoms with E-state index in [0.717, 1.165) is 11.3 Å². The molecule has 94 valence electrons. The normalized spacial score (nSPS) is 10.8. The van der Waals surface area contributed by atoms with Gasteiger partial charge in [0.1, 0.15) is 18.4 Å². The van der Waals surface area contributed by atoms with E-state index in [4.69, 9.17) is 14.7 Å². The van der Waals surface area contributed by atoms with Crippen molar-refractivity contribution in [3.63, 3.8) is 0 Å². The molecule has 0 amide bonds. The maximum atomic E-state index is 11.1. The van der Waals surface area contributed by atoms with E-state index in [9.17, 15) is 4.79 Å². The molecule has 0 atom stereocenters. The lowest BCUT2D eigenvalue weighted by molar-refractivity contribution is -0.113. The molecule has 0 aromatic heterocycles. The Balaban J connectivity index is 2.71. The van der Waals surface area contributed by atoms with Gasteiger partial charge in [-0.3, -0.25) is 4.79 Å². The van der Waals surface area contributed by atoms with Gasteiger partial charge in [-0.1, -0.05) is 12.1 Å². The second-order valence-corrected chi connectivity index (χ2v) is 3.64. The summed E-state index contributed by atoms with van der Waals surface area (Å²) in [5.74, 6) is 0.489. The van der Waals surface area contributed by atoms with E-state index in [1.54, 1.807) is 37.5 Å². The van der Waals surface area contributed by atoms with Crippen LogP contribution in [0, 0.1) is 11.3 Å². The van der Waals surface area contributed by atoms with Crippen LogP contribution in [0.1, 0.15) is 12.5 Å². The number of benzene rings is 1. The highest BCUT2D eigenvalue weighted by molar-refractivity contribution is 6.01. The zero-order chi connectivity index (χ0) is 13.4. The minimum absolute atomic E-state index is 0.142. The van der Waals surface area contributed by atoms with Crippen LogP contribution in [0.4, 0.5) is 0 Å². The minimum atomic E-state index is -0.238. The Labute approximate surface area is 106 Å². The lowest BCUT2D eigenvalue weighted by atomic mass is 10.1. The van der Waals surface area contributed by atoms with Crippen molar-refractivity contribution in [2.24, 2.45) is 0 Å². The van der Waals surface area contributed by atoms with Gasteiger partial charge in [0.05, 0.1) is 12.2 Å². The predicted molar refractivity (Wildman–Crippen MR) is 68.1 cm³/mol. The summed E-state index contributed by atoms with van der Waals surface area (Å²) >= 11 is 0. The van der Waals surface area contributed by atoms with Gasteiger partial charge < -0.3 is 9.47 Å². The minimum Gasteiger partial charge on any atom is -0.491 e. The Morgan fingerprint density at radius 2 is 2.00 bits per heavy atom. The molecular formula is C14H15NO3. The van der Waals surface area contributed by atoms with Crippen molar-refractivity contribution in [1.29, 1.82) is 5.26 Å². The van der Waals surface area contributed by atoms with Crippen LogP contribution in [0.15, 0.2) is 29.8 Å². The van der Waals surface area contributed by atoms with Crippen molar-refractivity contribution in [3.8, 4) is 11.8 Å². The summed E-state index contributed by atoms with van der Waals surface area (Å²) < 4.78 is 10.3. The van der Waals surface area contributed by atoms with Crippen molar-refractivity contribution >= 4 is 11.9 Å². The van der Waals surface area contributed by atoms with Crippen LogP contribution in [-0.2, 0) is 9.53 Å². The molecule has 0 fully saturated rings. The number of carbonyl (C=O) groups is 1. The van der Waals surface area contributed by atoms with Crippen LogP contribution in [0.5, 0.6) is 5.75 Å². The maximum Gasteiger partial charge on any atom is 0.170 e. The molecule has 0 spiro atoms. The number of carbonyl (C=O) groups excluding carboxylic acids is 1. The number of hydrogen-bond acceptors (Lipinski definition) is 4. The third kappa shape index (κ3) is 4.40. The first kappa shape index (κ1) is 13.9. The maximum absolute atomic E-state index is 11.1. The SMILES string of the molecule is COCCOc1ccc(/C=C(/C#N)C(C)=O)cc1. The van der Waals surface area contributed by atoms with Gasteiger partial charge in [-0.05, 0) is 30.7 Å². The lowest BCUT2D eigenvalue weighted by Gasteiger charge is -2.05. The van der Waals surface area contributed by atoms with E-state index >= 15 is 0 Å². The standard InChI is InChI=1S/C14H15NO3/c1-11(16)13(10-15)9-12-3-5-14(6-4-12)18-8-7-17-2/h3-6,9H,7-8H2,1-2H3/b13-9-. The quantitative estimate of drug-likeness (QED) is 0.438. The summed E-state index contributed by atoms with van der Waals surface area (Å²) in [7, 11) is 1.61. The fourth-order valence-electron chi connectivity index (χ4n) is 1.28. The van der Waals surface area contributed by atoms with Gasteiger partial charge >= 0.3 is 0 Å². The number of nitriles is 1. The van der Waals surface area contributed by atoms with Crippen molar-refractivity contribution in [2.45, 2.75) is 6.92 Å². The molecule has 4 nitrogen and oxygen atoms in total. The Kier molecular flexibility index (Phi) is 5.62. The summed E-state index contributed by atoms with van der Waals surface area (Å²) in [5, 5.41) is 8.78. The van der Waals surface area contributed by atoms with Crippen LogP contribution < -0.4 is 4.74 Å². The van der Waals surface area contributed by atoms with Crippen LogP contribution >= 0.6 is 0 Å². The Morgan fingerprint density at radius 1 is 1.33 bits per heavy atom. The number of allylic oxidation sites excluding steroid dienone is 1. The monoisotopic (exact) mass is 245 g/mol. The number of rotatable bonds is 6. The summed E-state index contributed by atoms with van der Waals surface area (Å²) in [6.45, 7) is 2.39. The molecule has 0 saturated carbocycles. The lowest BCUT2D eigenvalue weighted by Crippen LogP contribution is -2.03. The molecule has 0 unspecified atom stereocenters. The average Bonchev–Trinajstić information content (AvgIpc) is 2.37. The molecule has 1 aromatic rings. The molecule has 0 bridgehead atoms. The molecule has 18 heavy (non-hydrogen) atoms. The van der Waals surface area contributed by atoms with Crippen LogP contribution in [0.2, 0.25) is 0 Å². The molecule has 4 heteroatoms. The predicted octanol–water partition coefficient (Wildman–Crippen LogP) is 2.21. The van der Waals surface area contributed by atoms with Gasteiger partial charge in [0.25, 0.3) is 0 Å². The van der Waals surface area contributed by atoms with E-state index in [2.05, 4.69) is 0 Å². The number of ketones is 1. The number of nitrogens with zero attached hydrogens (tertiary/aromatic N) is 1. The molecular weight excluding hydrogens is 230 g/mol. The zero-order valence-electron chi connectivity index (χ0n) is 10.5. The second-order valence-electron chi connectivity index (χ2n) is 3.64. The molecule has 0 aliphatic rings. The fourth-order valence-corrected chi connectivity index (χ4v) is 1.28. The van der Waals surface area contributed by atoms with E-state index in [0.29, 0.717) is 13.2 Å². The van der Waals surface area contributed by atoms with Crippen LogP contribution in [0.25, 0.3) is 6.08 Å². The summed E-state index contributed by atoms with van der Waals surface area (Å²) in [6.07, 6.45) is 1.56. The highest BCUT2D eigenvalue weighted by atomic mass is 16.5. The van der Waals surface area contributed by atoms with Crippen LogP contribution in [0.3, 0.4) is 0 Å². The van der Waals surface area contributed by atoms with Crippen molar-refractivity contribution < 1.29 is 14.3 Å². The number of hydrogen-bond donors (Lipinski definition) is 0. The summed E-state index contributed by atoms with van der Waals surface area (Å²) in [5.41, 5.74) is 0.934. The topological polar surface area (TPSA) is 59.3 Å². The van der Waals surface area contributed by atoms with E-state index in [1.165, 1.54) is 6.92 Å². The zero-order valence-corrected chi connectivity index (χ0v) is 10.5. The number of ether oxygens (including phenoxy) is 2. The fraction of sp³-hybridized carbons (Fsp3) is 0.286. The molecule has 1 aromatic carbocycles. The first-order chi connectivity index (χ1) is 8.67. The molecule has 0 N–H and O–H groups in total. The highest BCUT2D eigenvalue weighted by Crippen LogP contribution is 2.14. The Bertz CT molecular complexity index is 469. The summed E-state index contributed by atoms with van der Waals surface area (Å²) in [4.78, 5) is 11.1. The Morgan fingerprint density at radius 3 is 2.50 bits per heavy atom. The van der Waals surface area contributed by atoms with E-state index in [1.807, 2.05) is 6.07 Å². The smallest absolute Gasteiger partial charge is 0.170 e. The van der Waals surface area contributed by atoms with Gasteiger partial charge in [-0.2, -0.15) is 5.26 Å². The first-order valence-electron chi connectivity index (χ1n) is 5.52. The molecule has 0 aliphatic heterocycles. The van der Waals surface area contributed by atoms with Crippen molar-refractivity contribution in [1.82, 2.24) is 0 Å². The average molecular weight is 245 g/mol. The molecule has 0 saturated heterocycles. The van der Waals surface area contributed by atoms with Crippen molar-refractivity contribution in [3.05, 3.63) is 35.4 Å². The number of Topliss-reactive ketones (excluding diaryl/α,β-unsaturated/α-hetero) is 1. The first-order valence-corrected chi connectivity index (χ1v) is 5.52. The number of methoxy groups -OCH3 is 1. The van der Waals surface area contributed by atoms with Gasteiger partial charge in [0, 0.05) is 7.11 Å². The van der Waals surface area contributed by atoms with Gasteiger partial charge in [0.2, 0.25) is 0 Å². The largest absolute Gasteiger partial charge is 0.491 e. The van der Waals surface area contributed by atoms with Crippen molar-refractivity contribution in [2.75, 3.05) is 20.3 Å².